The van der Waals surface area contributed by atoms with Crippen LogP contribution in [0.15, 0.2) is 35.8 Å². The van der Waals surface area contributed by atoms with Gasteiger partial charge in [0.05, 0.1) is 0 Å². The summed E-state index contributed by atoms with van der Waals surface area (Å²) in [7, 11) is 0. The van der Waals surface area contributed by atoms with Crippen molar-refractivity contribution >= 4 is 28.1 Å². The summed E-state index contributed by atoms with van der Waals surface area (Å²) in [5.74, 6) is 0.0620. The average Bonchev–Trinajstić information content (AvgIpc) is 3.18. The number of nitrogens with zero attached hydrogens (tertiary/aromatic N) is 2. The summed E-state index contributed by atoms with van der Waals surface area (Å²) in [5, 5.41) is 5.91. The van der Waals surface area contributed by atoms with Crippen LogP contribution < -0.4 is 10.2 Å². The number of carbonyl (C=O) groups is 1. The van der Waals surface area contributed by atoms with Crippen LogP contribution in [0.25, 0.3) is 0 Å². The van der Waals surface area contributed by atoms with Gasteiger partial charge in [0.1, 0.15) is 6.04 Å². The van der Waals surface area contributed by atoms with Crippen LogP contribution in [-0.4, -0.2) is 23.5 Å². The lowest BCUT2D eigenvalue weighted by molar-refractivity contribution is -0.117. The Morgan fingerprint density at radius 1 is 1.43 bits per heavy atom. The summed E-state index contributed by atoms with van der Waals surface area (Å²) in [4.78, 5) is 18.9. The Morgan fingerprint density at radius 3 is 2.90 bits per heavy atom. The van der Waals surface area contributed by atoms with Crippen LogP contribution in [-0.2, 0) is 11.2 Å². The van der Waals surface area contributed by atoms with Crippen LogP contribution in [0.2, 0.25) is 0 Å². The van der Waals surface area contributed by atoms with Crippen molar-refractivity contribution in [1.29, 1.82) is 0 Å². The van der Waals surface area contributed by atoms with E-state index in [2.05, 4.69) is 34.3 Å². The number of amides is 1. The molecule has 0 saturated carbocycles. The monoisotopic (exact) mass is 301 g/mol. The first-order valence-electron chi connectivity index (χ1n) is 7.34. The topological polar surface area (TPSA) is 45.2 Å². The molecule has 21 heavy (non-hydrogen) atoms. The molecular weight excluding hydrogens is 282 g/mol. The highest BCUT2D eigenvalue weighted by atomic mass is 32.1. The van der Waals surface area contributed by atoms with E-state index in [1.54, 1.807) is 17.5 Å². The van der Waals surface area contributed by atoms with E-state index in [0.29, 0.717) is 0 Å². The van der Waals surface area contributed by atoms with E-state index in [-0.39, 0.29) is 11.9 Å². The van der Waals surface area contributed by atoms with Gasteiger partial charge in [0.2, 0.25) is 5.91 Å². The number of carbonyl (C=O) groups excluding carboxylic acids is 1. The molecule has 3 rings (SSSR count). The fourth-order valence-electron chi connectivity index (χ4n) is 2.68. The zero-order chi connectivity index (χ0) is 14.7. The summed E-state index contributed by atoms with van der Waals surface area (Å²) in [6.07, 6.45) is 4.72. The molecule has 110 valence electrons. The van der Waals surface area contributed by atoms with Crippen molar-refractivity contribution in [3.8, 4) is 0 Å². The van der Waals surface area contributed by atoms with Gasteiger partial charge in [0, 0.05) is 23.8 Å². The molecule has 1 aliphatic rings. The third-order valence-electron chi connectivity index (χ3n) is 3.85. The van der Waals surface area contributed by atoms with Crippen LogP contribution in [0.4, 0.5) is 10.8 Å². The van der Waals surface area contributed by atoms with Crippen LogP contribution in [0.1, 0.15) is 25.3 Å². The predicted octanol–water partition coefficient (Wildman–Crippen LogP) is 3.31. The van der Waals surface area contributed by atoms with E-state index in [0.717, 1.165) is 36.6 Å². The van der Waals surface area contributed by atoms with Crippen molar-refractivity contribution in [2.75, 3.05) is 16.8 Å². The molecule has 1 fully saturated rings. The Balaban J connectivity index is 1.69. The SMILES string of the molecule is CCc1ccc(NC(=O)[C@H]2CCCN2c2nccs2)cc1. The number of aromatic nitrogens is 1. The highest BCUT2D eigenvalue weighted by Gasteiger charge is 2.32. The molecule has 1 aromatic carbocycles. The molecule has 2 aromatic rings. The molecule has 1 amide bonds. The first kappa shape index (κ1) is 14.1. The number of benzene rings is 1. The molecule has 1 saturated heterocycles. The van der Waals surface area contributed by atoms with Gasteiger partial charge in [0.25, 0.3) is 0 Å². The van der Waals surface area contributed by atoms with Crippen molar-refractivity contribution in [1.82, 2.24) is 4.98 Å². The number of hydrogen-bond acceptors (Lipinski definition) is 4. The molecule has 1 atom stereocenters. The minimum atomic E-state index is -0.109. The van der Waals surface area contributed by atoms with E-state index in [9.17, 15) is 4.79 Å². The number of aryl methyl sites for hydroxylation is 1. The third kappa shape index (κ3) is 3.08. The Labute approximate surface area is 128 Å². The second-order valence-corrected chi connectivity index (χ2v) is 6.08. The predicted molar refractivity (Wildman–Crippen MR) is 86.9 cm³/mol. The largest absolute Gasteiger partial charge is 0.336 e. The van der Waals surface area contributed by atoms with Gasteiger partial charge in [-0.15, -0.1) is 11.3 Å². The second kappa shape index (κ2) is 6.26. The molecular formula is C16H19N3OS. The van der Waals surface area contributed by atoms with Crippen LogP contribution in [0, 0.1) is 0 Å². The van der Waals surface area contributed by atoms with Crippen LogP contribution in [0.5, 0.6) is 0 Å². The van der Waals surface area contributed by atoms with Crippen molar-refractivity contribution in [3.05, 3.63) is 41.4 Å². The minimum Gasteiger partial charge on any atom is -0.336 e. The summed E-state index contributed by atoms with van der Waals surface area (Å²) in [5.41, 5.74) is 2.14. The van der Waals surface area contributed by atoms with Gasteiger partial charge in [-0.05, 0) is 37.0 Å². The maximum atomic E-state index is 12.5. The van der Waals surface area contributed by atoms with Gasteiger partial charge >= 0.3 is 0 Å². The standard InChI is InChI=1S/C16H19N3OS/c1-2-12-5-7-13(8-6-12)18-15(20)14-4-3-10-19(14)16-17-9-11-21-16/h5-9,11,14H,2-4,10H2,1H3,(H,18,20)/t14-/m1/s1. The van der Waals surface area contributed by atoms with Gasteiger partial charge in [-0.1, -0.05) is 19.1 Å². The zero-order valence-corrected chi connectivity index (χ0v) is 12.9. The van der Waals surface area contributed by atoms with Crippen molar-refractivity contribution < 1.29 is 4.79 Å². The number of thiazole rings is 1. The summed E-state index contributed by atoms with van der Waals surface area (Å²) in [6, 6.07) is 7.95. The Kier molecular flexibility index (Phi) is 4.20. The molecule has 5 heteroatoms. The molecule has 0 radical (unpaired) electrons. The third-order valence-corrected chi connectivity index (χ3v) is 4.66. The molecule has 0 spiro atoms. The van der Waals surface area contributed by atoms with E-state index < -0.39 is 0 Å². The molecule has 1 aromatic heterocycles. The number of nitrogens with one attached hydrogen (secondary N) is 1. The molecule has 0 aliphatic carbocycles. The average molecular weight is 301 g/mol. The summed E-state index contributed by atoms with van der Waals surface area (Å²) < 4.78 is 0. The molecule has 2 heterocycles. The number of anilines is 2. The van der Waals surface area contributed by atoms with Gasteiger partial charge in [-0.2, -0.15) is 0 Å². The molecule has 4 nitrogen and oxygen atoms in total. The maximum absolute atomic E-state index is 12.5. The Hall–Kier alpha value is -1.88. The molecule has 1 aliphatic heterocycles. The smallest absolute Gasteiger partial charge is 0.247 e. The molecule has 1 N–H and O–H groups in total. The fraction of sp³-hybridized carbons (Fsp3) is 0.375. The van der Waals surface area contributed by atoms with E-state index in [1.165, 1.54) is 5.56 Å². The van der Waals surface area contributed by atoms with Crippen molar-refractivity contribution in [3.63, 3.8) is 0 Å². The lowest BCUT2D eigenvalue weighted by Crippen LogP contribution is -2.39. The molecule has 0 unspecified atom stereocenters. The Morgan fingerprint density at radius 2 is 2.24 bits per heavy atom. The quantitative estimate of drug-likeness (QED) is 0.942. The van der Waals surface area contributed by atoms with Gasteiger partial charge < -0.3 is 10.2 Å². The lowest BCUT2D eigenvalue weighted by Gasteiger charge is -2.23. The molecule has 0 bridgehead atoms. The fourth-order valence-corrected chi connectivity index (χ4v) is 3.39. The number of rotatable bonds is 4. The van der Waals surface area contributed by atoms with Crippen LogP contribution >= 0.6 is 11.3 Å². The van der Waals surface area contributed by atoms with E-state index in [4.69, 9.17) is 0 Å². The lowest BCUT2D eigenvalue weighted by atomic mass is 10.1. The van der Waals surface area contributed by atoms with Gasteiger partial charge in [-0.25, -0.2) is 4.98 Å². The normalized spacial score (nSPS) is 18.0. The highest BCUT2D eigenvalue weighted by Crippen LogP contribution is 2.27. The Bertz CT molecular complexity index is 594. The van der Waals surface area contributed by atoms with Gasteiger partial charge in [0.15, 0.2) is 5.13 Å². The first-order chi connectivity index (χ1) is 10.3. The van der Waals surface area contributed by atoms with Gasteiger partial charge in [-0.3, -0.25) is 4.79 Å². The number of hydrogen-bond donors (Lipinski definition) is 1. The zero-order valence-electron chi connectivity index (χ0n) is 12.1. The second-order valence-electron chi connectivity index (χ2n) is 5.21. The van der Waals surface area contributed by atoms with E-state index in [1.807, 2.05) is 17.5 Å². The minimum absolute atomic E-state index is 0.0620. The van der Waals surface area contributed by atoms with Crippen LogP contribution in [0.3, 0.4) is 0 Å². The summed E-state index contributed by atoms with van der Waals surface area (Å²) in [6.45, 7) is 3.03. The van der Waals surface area contributed by atoms with Crippen molar-refractivity contribution in [2.24, 2.45) is 0 Å². The first-order valence-corrected chi connectivity index (χ1v) is 8.22. The summed E-state index contributed by atoms with van der Waals surface area (Å²) >= 11 is 1.59. The van der Waals surface area contributed by atoms with E-state index >= 15 is 0 Å². The van der Waals surface area contributed by atoms with Crippen molar-refractivity contribution in [2.45, 2.75) is 32.2 Å². The highest BCUT2D eigenvalue weighted by molar-refractivity contribution is 7.13. The maximum Gasteiger partial charge on any atom is 0.247 e.